The first-order chi connectivity index (χ1) is 14.1. The molecule has 1 fully saturated rings. The zero-order chi connectivity index (χ0) is 22.3. The summed E-state index contributed by atoms with van der Waals surface area (Å²) in [6.45, 7) is 5.84. The van der Waals surface area contributed by atoms with E-state index in [4.69, 9.17) is 27.4 Å². The lowest BCUT2D eigenvalue weighted by atomic mass is 10.1. The molecule has 2 amide bonds. The summed E-state index contributed by atoms with van der Waals surface area (Å²) >= 11 is 5.46. The number of nitrogens with two attached hydrogens (primary N) is 1. The van der Waals surface area contributed by atoms with Crippen LogP contribution in [0.1, 0.15) is 45.6 Å². The van der Waals surface area contributed by atoms with Crippen LogP contribution in [0.25, 0.3) is 0 Å². The van der Waals surface area contributed by atoms with Crippen LogP contribution in [0.2, 0.25) is 0 Å². The molecular formula is C21H29N3O5S. The van der Waals surface area contributed by atoms with Gasteiger partial charge in [-0.1, -0.05) is 42.5 Å². The Hall–Kier alpha value is -2.68. The number of hydrogen-bond donors (Lipinski definition) is 2. The highest BCUT2D eigenvalue weighted by Gasteiger charge is 2.35. The van der Waals surface area contributed by atoms with Gasteiger partial charge in [0.1, 0.15) is 18.2 Å². The number of hydrogen-bond acceptors (Lipinski definition) is 6. The predicted octanol–water partition coefficient (Wildman–Crippen LogP) is 2.29. The molecular weight excluding hydrogens is 406 g/mol. The molecule has 2 rings (SSSR count). The molecule has 1 aliphatic heterocycles. The Morgan fingerprint density at radius 2 is 1.93 bits per heavy atom. The summed E-state index contributed by atoms with van der Waals surface area (Å²) in [5.41, 5.74) is 5.44. The van der Waals surface area contributed by atoms with Crippen molar-refractivity contribution in [1.82, 2.24) is 10.2 Å². The predicted molar refractivity (Wildman–Crippen MR) is 116 cm³/mol. The van der Waals surface area contributed by atoms with Crippen molar-refractivity contribution >= 4 is 35.2 Å². The van der Waals surface area contributed by atoms with Crippen molar-refractivity contribution < 1.29 is 23.9 Å². The number of nitrogens with zero attached hydrogens (tertiary/aromatic N) is 1. The van der Waals surface area contributed by atoms with Crippen molar-refractivity contribution in [1.29, 1.82) is 0 Å². The van der Waals surface area contributed by atoms with Crippen LogP contribution in [0.5, 0.6) is 0 Å². The molecule has 0 bridgehead atoms. The molecule has 2 atom stereocenters. The number of likely N-dealkylation sites (tertiary alicyclic amines) is 1. The van der Waals surface area contributed by atoms with E-state index in [0.717, 1.165) is 12.0 Å². The summed E-state index contributed by atoms with van der Waals surface area (Å²) < 4.78 is 10.8. The van der Waals surface area contributed by atoms with E-state index in [0.29, 0.717) is 13.0 Å². The Morgan fingerprint density at radius 1 is 1.27 bits per heavy atom. The number of nitrogens with one attached hydrogen (secondary N) is 1. The van der Waals surface area contributed by atoms with Crippen LogP contribution in [0, 0.1) is 0 Å². The second-order valence-corrected chi connectivity index (χ2v) is 8.60. The van der Waals surface area contributed by atoms with Crippen molar-refractivity contribution in [3.05, 3.63) is 35.9 Å². The highest BCUT2D eigenvalue weighted by Crippen LogP contribution is 2.20. The van der Waals surface area contributed by atoms with Gasteiger partial charge >= 0.3 is 12.1 Å². The minimum absolute atomic E-state index is 0.158. The second-order valence-electron chi connectivity index (χ2n) is 8.16. The lowest BCUT2D eigenvalue weighted by molar-refractivity contribution is -0.158. The first-order valence-electron chi connectivity index (χ1n) is 9.85. The number of amides is 2. The zero-order valence-electron chi connectivity index (χ0n) is 17.6. The molecule has 0 spiro atoms. The fourth-order valence-corrected chi connectivity index (χ4v) is 3.48. The number of carbonyl (C=O) groups is 3. The molecule has 164 valence electrons. The van der Waals surface area contributed by atoms with E-state index in [2.05, 4.69) is 5.32 Å². The number of ether oxygens (including phenoxy) is 2. The van der Waals surface area contributed by atoms with Gasteiger partial charge in [-0.05, 0) is 39.2 Å². The van der Waals surface area contributed by atoms with Gasteiger partial charge in [0.15, 0.2) is 0 Å². The first-order valence-corrected chi connectivity index (χ1v) is 10.3. The van der Waals surface area contributed by atoms with Gasteiger partial charge in [-0.3, -0.25) is 9.69 Å². The number of primary amides is 1. The van der Waals surface area contributed by atoms with E-state index < -0.39 is 35.7 Å². The van der Waals surface area contributed by atoms with Gasteiger partial charge < -0.3 is 20.5 Å². The Labute approximate surface area is 182 Å². The number of benzene rings is 1. The summed E-state index contributed by atoms with van der Waals surface area (Å²) in [6.07, 6.45) is 0.637. The number of rotatable bonds is 7. The Kier molecular flexibility index (Phi) is 8.16. The Morgan fingerprint density at radius 3 is 2.53 bits per heavy atom. The van der Waals surface area contributed by atoms with Gasteiger partial charge in [0.25, 0.3) is 0 Å². The SMILES string of the molecule is CC(C)(C)OC(=O)[C@H](CC(N)=O)NC(=S)[C@@H]1CCCN1C(=O)OCc1ccccc1. The molecule has 1 aliphatic rings. The molecule has 1 aromatic rings. The smallest absolute Gasteiger partial charge is 0.410 e. The van der Waals surface area contributed by atoms with Crippen LogP contribution in [-0.4, -0.2) is 52.1 Å². The monoisotopic (exact) mass is 435 g/mol. The summed E-state index contributed by atoms with van der Waals surface area (Å²) in [5, 5.41) is 2.88. The van der Waals surface area contributed by atoms with E-state index >= 15 is 0 Å². The van der Waals surface area contributed by atoms with E-state index in [-0.39, 0.29) is 18.0 Å². The quantitative estimate of drug-likeness (QED) is 0.499. The Balaban J connectivity index is 2.00. The molecule has 1 saturated heterocycles. The van der Waals surface area contributed by atoms with Gasteiger partial charge in [0.05, 0.1) is 17.5 Å². The molecule has 9 heteroatoms. The molecule has 1 heterocycles. The Bertz CT molecular complexity index is 779. The molecule has 0 aromatic heterocycles. The number of carbonyl (C=O) groups excluding carboxylic acids is 3. The maximum absolute atomic E-state index is 12.6. The number of esters is 1. The van der Waals surface area contributed by atoms with Gasteiger partial charge in [-0.25, -0.2) is 9.59 Å². The molecule has 8 nitrogen and oxygen atoms in total. The largest absolute Gasteiger partial charge is 0.458 e. The van der Waals surface area contributed by atoms with Crippen LogP contribution >= 0.6 is 12.2 Å². The molecule has 0 aliphatic carbocycles. The summed E-state index contributed by atoms with van der Waals surface area (Å²) in [7, 11) is 0. The molecule has 3 N–H and O–H groups in total. The van der Waals surface area contributed by atoms with Crippen LogP contribution < -0.4 is 11.1 Å². The standard InChI is InChI=1S/C21H29N3O5S/c1-21(2,3)29-19(26)15(12-17(22)25)23-18(30)16-10-7-11-24(16)20(27)28-13-14-8-5-4-6-9-14/h4-6,8-9,15-16H,7,10-13H2,1-3H3,(H2,22,25)(H,23,30)/t15-,16-/m0/s1. The third-order valence-corrected chi connectivity index (χ3v) is 4.80. The summed E-state index contributed by atoms with van der Waals surface area (Å²) in [6, 6.07) is 7.93. The summed E-state index contributed by atoms with van der Waals surface area (Å²) in [4.78, 5) is 38.3. The molecule has 0 radical (unpaired) electrons. The van der Waals surface area contributed by atoms with Crippen LogP contribution in [0.3, 0.4) is 0 Å². The number of thiocarbonyl (C=S) groups is 1. The van der Waals surface area contributed by atoms with Crippen molar-refractivity contribution in [3.63, 3.8) is 0 Å². The molecule has 1 aromatic carbocycles. The van der Waals surface area contributed by atoms with Crippen molar-refractivity contribution in [2.75, 3.05) is 6.54 Å². The topological polar surface area (TPSA) is 111 Å². The third kappa shape index (κ3) is 7.29. The van der Waals surface area contributed by atoms with Crippen molar-refractivity contribution in [2.45, 2.75) is 64.3 Å². The fraction of sp³-hybridized carbons (Fsp3) is 0.524. The van der Waals surface area contributed by atoms with Crippen molar-refractivity contribution in [2.24, 2.45) is 5.73 Å². The van der Waals surface area contributed by atoms with Gasteiger partial charge in [-0.2, -0.15) is 0 Å². The van der Waals surface area contributed by atoms with Gasteiger partial charge in [-0.15, -0.1) is 0 Å². The average Bonchev–Trinajstić information content (AvgIpc) is 3.14. The second kappa shape index (κ2) is 10.4. The zero-order valence-corrected chi connectivity index (χ0v) is 18.4. The first kappa shape index (κ1) is 23.6. The summed E-state index contributed by atoms with van der Waals surface area (Å²) in [5.74, 6) is -1.29. The molecule has 0 saturated carbocycles. The maximum Gasteiger partial charge on any atom is 0.410 e. The fourth-order valence-electron chi connectivity index (χ4n) is 3.10. The molecule has 0 unspecified atom stereocenters. The van der Waals surface area contributed by atoms with Gasteiger partial charge in [0.2, 0.25) is 5.91 Å². The maximum atomic E-state index is 12.6. The lowest BCUT2D eigenvalue weighted by Crippen LogP contribution is -2.52. The average molecular weight is 436 g/mol. The van der Waals surface area contributed by atoms with E-state index in [1.54, 1.807) is 20.8 Å². The normalized spacial score (nSPS) is 17.2. The van der Waals surface area contributed by atoms with E-state index in [9.17, 15) is 14.4 Å². The van der Waals surface area contributed by atoms with Crippen LogP contribution in [0.15, 0.2) is 30.3 Å². The molecule has 30 heavy (non-hydrogen) atoms. The van der Waals surface area contributed by atoms with Gasteiger partial charge in [0, 0.05) is 6.54 Å². The van der Waals surface area contributed by atoms with E-state index in [1.807, 2.05) is 30.3 Å². The third-order valence-electron chi connectivity index (χ3n) is 4.41. The van der Waals surface area contributed by atoms with Crippen molar-refractivity contribution in [3.8, 4) is 0 Å². The van der Waals surface area contributed by atoms with E-state index in [1.165, 1.54) is 4.90 Å². The lowest BCUT2D eigenvalue weighted by Gasteiger charge is -2.29. The van der Waals surface area contributed by atoms with Crippen LogP contribution in [0.4, 0.5) is 4.79 Å². The van der Waals surface area contributed by atoms with Crippen LogP contribution in [-0.2, 0) is 25.7 Å². The highest BCUT2D eigenvalue weighted by molar-refractivity contribution is 7.80. The highest BCUT2D eigenvalue weighted by atomic mass is 32.1. The minimum atomic E-state index is -1.02. The minimum Gasteiger partial charge on any atom is -0.458 e.